The van der Waals surface area contributed by atoms with Crippen LogP contribution in [0.4, 0.5) is 0 Å². The van der Waals surface area contributed by atoms with E-state index in [1.54, 1.807) is 6.20 Å². The lowest BCUT2D eigenvalue weighted by Gasteiger charge is -2.15. The van der Waals surface area contributed by atoms with Crippen LogP contribution < -0.4 is 0 Å². The zero-order chi connectivity index (χ0) is 32.6. The Balaban J connectivity index is 1.30. The summed E-state index contributed by atoms with van der Waals surface area (Å²) in [5.41, 5.74) is 12.8. The molecule has 3 aromatic heterocycles. The van der Waals surface area contributed by atoms with Gasteiger partial charge in [-0.1, -0.05) is 127 Å². The molecule has 0 amide bonds. The van der Waals surface area contributed by atoms with Crippen LogP contribution in [0.2, 0.25) is 0 Å². The minimum Gasteiger partial charge on any atom is -0.455 e. The van der Waals surface area contributed by atoms with Gasteiger partial charge in [-0.25, -0.2) is 9.97 Å². The monoisotopic (exact) mass is 627 g/mol. The number of fused-ring (bicyclic) bond motifs is 3. The van der Waals surface area contributed by atoms with Gasteiger partial charge < -0.3 is 4.42 Å². The van der Waals surface area contributed by atoms with Crippen LogP contribution in [0.15, 0.2) is 181 Å². The topological polar surface area (TPSA) is 51.8 Å². The van der Waals surface area contributed by atoms with Crippen LogP contribution in [0, 0.1) is 0 Å². The first kappa shape index (κ1) is 28.6. The van der Waals surface area contributed by atoms with E-state index in [0.29, 0.717) is 5.82 Å². The molecule has 0 unspecified atom stereocenters. The van der Waals surface area contributed by atoms with E-state index in [-0.39, 0.29) is 0 Å². The molecule has 0 aliphatic carbocycles. The van der Waals surface area contributed by atoms with Crippen LogP contribution >= 0.6 is 0 Å². The van der Waals surface area contributed by atoms with Crippen molar-refractivity contribution in [2.24, 2.45) is 0 Å². The Morgan fingerprint density at radius 3 is 1.84 bits per heavy atom. The number of hydrogen-bond donors (Lipinski definition) is 0. The van der Waals surface area contributed by atoms with Crippen LogP contribution in [-0.4, -0.2) is 15.0 Å². The minimum atomic E-state index is 0.667. The number of benzene rings is 6. The first-order valence-corrected chi connectivity index (χ1v) is 16.3. The number of aromatic nitrogens is 3. The number of pyridine rings is 1. The molecule has 230 valence electrons. The van der Waals surface area contributed by atoms with Gasteiger partial charge in [-0.15, -0.1) is 0 Å². The smallest absolute Gasteiger partial charge is 0.160 e. The molecule has 0 atom stereocenters. The third-order valence-corrected chi connectivity index (χ3v) is 8.98. The second kappa shape index (κ2) is 12.2. The predicted molar refractivity (Wildman–Crippen MR) is 200 cm³/mol. The Morgan fingerprint density at radius 1 is 0.388 bits per heavy atom. The van der Waals surface area contributed by atoms with Gasteiger partial charge in [0.1, 0.15) is 11.2 Å². The van der Waals surface area contributed by atoms with Crippen molar-refractivity contribution < 1.29 is 4.42 Å². The molecule has 0 saturated carbocycles. The van der Waals surface area contributed by atoms with Crippen molar-refractivity contribution >= 4 is 21.9 Å². The lowest BCUT2D eigenvalue weighted by molar-refractivity contribution is 0.670. The van der Waals surface area contributed by atoms with Gasteiger partial charge in [-0.3, -0.25) is 4.98 Å². The van der Waals surface area contributed by atoms with E-state index in [9.17, 15) is 0 Å². The fourth-order valence-corrected chi connectivity index (χ4v) is 6.63. The summed E-state index contributed by atoms with van der Waals surface area (Å²) in [6.45, 7) is 0. The fraction of sp³-hybridized carbons (Fsp3) is 0. The Hall–Kier alpha value is -6.65. The molecule has 6 aromatic carbocycles. The molecule has 3 heterocycles. The van der Waals surface area contributed by atoms with Gasteiger partial charge in [0.05, 0.1) is 11.4 Å². The third kappa shape index (κ3) is 5.35. The zero-order valence-electron chi connectivity index (χ0n) is 26.5. The molecular formula is C45H29N3O. The SMILES string of the molecule is c1ccc(-c2cc(-c3cc(-c4ccccc4-c4cccnc4)nc(-c4ccccc4)n3)cc(-c3cccc4c3oc3ccccc34)c2)cc1. The average molecular weight is 628 g/mol. The van der Waals surface area contributed by atoms with E-state index in [4.69, 9.17) is 14.4 Å². The average Bonchev–Trinajstić information content (AvgIpc) is 3.58. The highest BCUT2D eigenvalue weighted by Crippen LogP contribution is 2.40. The van der Waals surface area contributed by atoms with E-state index < -0.39 is 0 Å². The number of para-hydroxylation sites is 2. The van der Waals surface area contributed by atoms with E-state index in [1.807, 2.05) is 48.7 Å². The Kier molecular flexibility index (Phi) is 7.10. The molecule has 0 radical (unpaired) electrons. The molecule has 0 N–H and O–H groups in total. The quantitative estimate of drug-likeness (QED) is 0.184. The summed E-state index contributed by atoms with van der Waals surface area (Å²) in [5.74, 6) is 0.667. The lowest BCUT2D eigenvalue weighted by Crippen LogP contribution is -1.97. The van der Waals surface area contributed by atoms with Crippen LogP contribution in [-0.2, 0) is 0 Å². The minimum absolute atomic E-state index is 0.667. The second-order valence-electron chi connectivity index (χ2n) is 12.1. The summed E-state index contributed by atoms with van der Waals surface area (Å²) >= 11 is 0. The molecule has 49 heavy (non-hydrogen) atoms. The van der Waals surface area contributed by atoms with E-state index >= 15 is 0 Å². The highest BCUT2D eigenvalue weighted by Gasteiger charge is 2.18. The van der Waals surface area contributed by atoms with Gasteiger partial charge >= 0.3 is 0 Å². The molecule has 0 spiro atoms. The number of hydrogen-bond acceptors (Lipinski definition) is 4. The molecule has 0 saturated heterocycles. The Morgan fingerprint density at radius 2 is 1.02 bits per heavy atom. The highest BCUT2D eigenvalue weighted by atomic mass is 16.3. The molecule has 0 bridgehead atoms. The molecule has 4 nitrogen and oxygen atoms in total. The summed E-state index contributed by atoms with van der Waals surface area (Å²) in [4.78, 5) is 14.8. The normalized spacial score (nSPS) is 11.3. The molecule has 0 aliphatic rings. The van der Waals surface area contributed by atoms with Gasteiger partial charge in [0.2, 0.25) is 0 Å². The van der Waals surface area contributed by atoms with Crippen LogP contribution in [0.3, 0.4) is 0 Å². The van der Waals surface area contributed by atoms with Gasteiger partial charge in [-0.05, 0) is 58.7 Å². The maximum Gasteiger partial charge on any atom is 0.160 e. The van der Waals surface area contributed by atoms with Crippen LogP contribution in [0.5, 0.6) is 0 Å². The molecule has 9 rings (SSSR count). The van der Waals surface area contributed by atoms with Gasteiger partial charge in [0.25, 0.3) is 0 Å². The first-order valence-electron chi connectivity index (χ1n) is 16.3. The van der Waals surface area contributed by atoms with Crippen molar-refractivity contribution in [1.29, 1.82) is 0 Å². The fourth-order valence-electron chi connectivity index (χ4n) is 6.63. The van der Waals surface area contributed by atoms with Crippen molar-refractivity contribution in [3.63, 3.8) is 0 Å². The van der Waals surface area contributed by atoms with E-state index in [1.165, 1.54) is 0 Å². The second-order valence-corrected chi connectivity index (χ2v) is 12.1. The van der Waals surface area contributed by atoms with Gasteiger partial charge in [0.15, 0.2) is 5.82 Å². The maximum absolute atomic E-state index is 6.51. The van der Waals surface area contributed by atoms with Crippen molar-refractivity contribution in [3.8, 4) is 67.3 Å². The third-order valence-electron chi connectivity index (χ3n) is 8.98. The van der Waals surface area contributed by atoms with Crippen molar-refractivity contribution in [3.05, 3.63) is 176 Å². The Bertz CT molecular complexity index is 2590. The zero-order valence-corrected chi connectivity index (χ0v) is 26.5. The molecule has 9 aromatic rings. The standard InChI is InChI=1S/C45H29N3O/c1-3-13-30(14-4-1)33-25-34(37-21-11-22-40-39-20-9-10-23-43(39)49-44(37)40)27-35(26-33)41-28-42(48-45(47-41)31-15-5-2-6-16-31)38-19-8-7-18-36(38)32-17-12-24-46-29-32/h1-29H. The van der Waals surface area contributed by atoms with Crippen molar-refractivity contribution in [1.82, 2.24) is 15.0 Å². The number of rotatable bonds is 6. The molecular weight excluding hydrogens is 599 g/mol. The summed E-state index contributed by atoms with van der Waals surface area (Å²) in [5, 5.41) is 2.21. The predicted octanol–water partition coefficient (Wildman–Crippen LogP) is 11.8. The molecule has 0 aliphatic heterocycles. The Labute approximate surface area is 284 Å². The largest absolute Gasteiger partial charge is 0.455 e. The summed E-state index contributed by atoms with van der Waals surface area (Å²) in [6, 6.07) is 56.5. The van der Waals surface area contributed by atoms with Crippen molar-refractivity contribution in [2.75, 3.05) is 0 Å². The molecule has 0 fully saturated rings. The first-order chi connectivity index (χ1) is 24.3. The van der Waals surface area contributed by atoms with Crippen LogP contribution in [0.1, 0.15) is 0 Å². The molecule has 4 heteroatoms. The van der Waals surface area contributed by atoms with Gasteiger partial charge in [-0.2, -0.15) is 0 Å². The van der Waals surface area contributed by atoms with Gasteiger partial charge in [0, 0.05) is 51.0 Å². The highest BCUT2D eigenvalue weighted by molar-refractivity contribution is 6.09. The number of furan rings is 1. The summed E-state index contributed by atoms with van der Waals surface area (Å²) in [7, 11) is 0. The summed E-state index contributed by atoms with van der Waals surface area (Å²) in [6.07, 6.45) is 3.69. The maximum atomic E-state index is 6.51. The summed E-state index contributed by atoms with van der Waals surface area (Å²) < 4.78 is 6.51. The van der Waals surface area contributed by atoms with E-state index in [2.05, 4.69) is 126 Å². The number of nitrogens with zero attached hydrogens (tertiary/aromatic N) is 3. The van der Waals surface area contributed by atoms with Crippen LogP contribution in [0.25, 0.3) is 89.2 Å². The lowest BCUT2D eigenvalue weighted by atomic mass is 9.93. The van der Waals surface area contributed by atoms with Crippen molar-refractivity contribution in [2.45, 2.75) is 0 Å². The van der Waals surface area contributed by atoms with E-state index in [0.717, 1.165) is 83.4 Å².